The van der Waals surface area contributed by atoms with Gasteiger partial charge >= 0.3 is 39.5 Å². The summed E-state index contributed by atoms with van der Waals surface area (Å²) in [4.78, 5) is 72.5. The second-order valence-electron chi connectivity index (χ2n) is 26.6. The Bertz CT molecular complexity index is 1750. The Labute approximate surface area is 549 Å². The van der Waals surface area contributed by atoms with Crippen LogP contribution in [0.3, 0.4) is 0 Å². The van der Waals surface area contributed by atoms with Crippen molar-refractivity contribution in [3.63, 3.8) is 0 Å². The summed E-state index contributed by atoms with van der Waals surface area (Å²) in [6.45, 7) is 9.45. The molecular formula is C71H138O17P2. The van der Waals surface area contributed by atoms with Crippen molar-refractivity contribution in [3.8, 4) is 0 Å². The lowest BCUT2D eigenvalue weighted by atomic mass is 10.0. The maximum Gasteiger partial charge on any atom is 0.472 e. The average Bonchev–Trinajstić information content (AvgIpc) is 2.96. The van der Waals surface area contributed by atoms with Gasteiger partial charge in [-0.2, -0.15) is 0 Å². The maximum absolute atomic E-state index is 13.0. The molecule has 0 saturated heterocycles. The molecule has 0 heterocycles. The van der Waals surface area contributed by atoms with Gasteiger partial charge in [0, 0.05) is 25.7 Å². The van der Waals surface area contributed by atoms with Gasteiger partial charge < -0.3 is 33.8 Å². The first-order valence-electron chi connectivity index (χ1n) is 37.0. The molecule has 0 fully saturated rings. The number of esters is 4. The van der Waals surface area contributed by atoms with E-state index >= 15 is 0 Å². The molecule has 0 bridgehead atoms. The molecule has 0 saturated carbocycles. The first-order valence-corrected chi connectivity index (χ1v) is 40.0. The molecule has 3 N–H and O–H groups in total. The Morgan fingerprint density at radius 1 is 0.300 bits per heavy atom. The van der Waals surface area contributed by atoms with Gasteiger partial charge in [0.05, 0.1) is 26.4 Å². The molecule has 5 atom stereocenters. The summed E-state index contributed by atoms with van der Waals surface area (Å²) in [5.41, 5.74) is 0. The minimum absolute atomic E-state index is 0.104. The van der Waals surface area contributed by atoms with E-state index < -0.39 is 97.5 Å². The first-order chi connectivity index (χ1) is 43.4. The largest absolute Gasteiger partial charge is 0.472 e. The van der Waals surface area contributed by atoms with Crippen LogP contribution in [0.1, 0.15) is 363 Å². The SMILES string of the molecule is CCCCCCCCCCCCCCCCCCCCCC(=O)O[C@H](COC(=O)CCCCCCCCCCC(C)C)COP(=O)(O)OC[C@@H](O)COP(=O)(O)OC[C@@H](COC(=O)CCCCCCCCCCCC)OC(=O)CCCCCCCCCC(C)C. The van der Waals surface area contributed by atoms with Gasteiger partial charge in [0.1, 0.15) is 19.3 Å². The fraction of sp³-hybridized carbons (Fsp3) is 0.944. The zero-order valence-electron chi connectivity index (χ0n) is 58.4. The van der Waals surface area contributed by atoms with Crippen molar-refractivity contribution < 1.29 is 80.2 Å². The van der Waals surface area contributed by atoms with Crippen LogP contribution in [0.4, 0.5) is 0 Å². The summed E-state index contributed by atoms with van der Waals surface area (Å²) >= 11 is 0. The number of hydrogen-bond donors (Lipinski definition) is 3. The van der Waals surface area contributed by atoms with E-state index in [0.29, 0.717) is 31.6 Å². The Morgan fingerprint density at radius 3 is 0.756 bits per heavy atom. The molecule has 0 radical (unpaired) electrons. The minimum atomic E-state index is -4.95. The number of phosphoric ester groups is 2. The molecule has 2 unspecified atom stereocenters. The molecule has 90 heavy (non-hydrogen) atoms. The van der Waals surface area contributed by atoms with E-state index in [1.165, 1.54) is 180 Å². The normalized spacial score (nSPS) is 14.1. The Hall–Kier alpha value is -1.94. The van der Waals surface area contributed by atoms with Crippen molar-refractivity contribution in [2.24, 2.45) is 11.8 Å². The standard InChI is InChI=1S/C71H138O17P2/c1-7-9-11-13-15-17-19-20-21-22-23-24-25-26-27-29-37-43-49-55-70(75)87-66(59-82-69(74)54-48-42-36-31-30-33-39-45-51-63(3)4)61-85-89(77,78)83-57-65(72)58-84-90(79,80)86-62-67(88-71(76)56-50-44-38-32-34-40-46-52-64(5)6)60-81-68(73)53-47-41-35-28-18-16-14-12-10-8-2/h63-67,72H,7-62H2,1-6H3,(H,77,78)(H,79,80)/t65-,66-,67-/m1/s1. The summed E-state index contributed by atoms with van der Waals surface area (Å²) in [5.74, 6) is -0.704. The average molecular weight is 1330 g/mol. The molecule has 0 aromatic carbocycles. The van der Waals surface area contributed by atoms with Crippen LogP contribution in [-0.2, 0) is 65.4 Å². The van der Waals surface area contributed by atoms with Crippen LogP contribution in [0.5, 0.6) is 0 Å². The predicted octanol–water partition coefficient (Wildman–Crippen LogP) is 20.4. The number of phosphoric acid groups is 2. The van der Waals surface area contributed by atoms with Crippen LogP contribution >= 0.6 is 15.6 Å². The van der Waals surface area contributed by atoms with Crippen LogP contribution in [0, 0.1) is 11.8 Å². The highest BCUT2D eigenvalue weighted by Gasteiger charge is 2.30. The van der Waals surface area contributed by atoms with Crippen molar-refractivity contribution in [2.45, 2.75) is 381 Å². The number of ether oxygens (including phenoxy) is 4. The molecule has 534 valence electrons. The predicted molar refractivity (Wildman–Crippen MR) is 363 cm³/mol. The summed E-state index contributed by atoms with van der Waals surface area (Å²) in [7, 11) is -9.90. The van der Waals surface area contributed by atoms with E-state index in [9.17, 15) is 43.2 Å². The van der Waals surface area contributed by atoms with Gasteiger partial charge in [-0.3, -0.25) is 37.3 Å². The zero-order valence-corrected chi connectivity index (χ0v) is 60.2. The molecule has 0 amide bonds. The lowest BCUT2D eigenvalue weighted by molar-refractivity contribution is -0.161. The number of hydrogen-bond acceptors (Lipinski definition) is 15. The number of unbranched alkanes of at least 4 members (excludes halogenated alkanes) is 40. The number of aliphatic hydroxyl groups is 1. The highest BCUT2D eigenvalue weighted by atomic mass is 31.2. The molecule has 0 aromatic rings. The zero-order chi connectivity index (χ0) is 66.5. The van der Waals surface area contributed by atoms with E-state index in [0.717, 1.165) is 95.8 Å². The molecule has 17 nitrogen and oxygen atoms in total. The molecule has 0 aromatic heterocycles. The summed E-state index contributed by atoms with van der Waals surface area (Å²) in [6.07, 6.45) is 48.8. The van der Waals surface area contributed by atoms with Crippen LogP contribution in [0.25, 0.3) is 0 Å². The summed E-state index contributed by atoms with van der Waals surface area (Å²) in [5, 5.41) is 10.6. The topological polar surface area (TPSA) is 237 Å². The Morgan fingerprint density at radius 2 is 0.511 bits per heavy atom. The number of aliphatic hydroxyl groups excluding tert-OH is 1. The van der Waals surface area contributed by atoms with Gasteiger partial charge in [0.2, 0.25) is 0 Å². The maximum atomic E-state index is 13.0. The Kier molecular flexibility index (Phi) is 61.8. The lowest BCUT2D eigenvalue weighted by Crippen LogP contribution is -2.30. The van der Waals surface area contributed by atoms with Crippen molar-refractivity contribution >= 4 is 39.5 Å². The summed E-state index contributed by atoms with van der Waals surface area (Å²) in [6, 6.07) is 0. The van der Waals surface area contributed by atoms with E-state index in [1.807, 2.05) is 0 Å². The number of rotatable bonds is 70. The fourth-order valence-corrected chi connectivity index (χ4v) is 12.3. The van der Waals surface area contributed by atoms with Crippen LogP contribution in [-0.4, -0.2) is 96.7 Å². The van der Waals surface area contributed by atoms with Gasteiger partial charge in [-0.1, -0.05) is 311 Å². The third-order valence-electron chi connectivity index (χ3n) is 16.5. The van der Waals surface area contributed by atoms with Gasteiger partial charge in [-0.05, 0) is 37.5 Å². The fourth-order valence-electron chi connectivity index (χ4n) is 10.8. The third kappa shape index (κ3) is 64.8. The number of carbonyl (C=O) groups is 4. The third-order valence-corrected chi connectivity index (χ3v) is 18.4. The molecule has 0 rings (SSSR count). The quantitative estimate of drug-likeness (QED) is 0.0222. The van der Waals surface area contributed by atoms with Crippen molar-refractivity contribution in [1.82, 2.24) is 0 Å². The molecule has 0 aliphatic carbocycles. The summed E-state index contributed by atoms with van der Waals surface area (Å²) < 4.78 is 68.2. The lowest BCUT2D eigenvalue weighted by Gasteiger charge is -2.21. The second-order valence-corrected chi connectivity index (χ2v) is 29.5. The van der Waals surface area contributed by atoms with Crippen molar-refractivity contribution in [2.75, 3.05) is 39.6 Å². The Balaban J connectivity index is 5.19. The minimum Gasteiger partial charge on any atom is -0.462 e. The molecule has 19 heteroatoms. The van der Waals surface area contributed by atoms with E-state index in [2.05, 4.69) is 41.5 Å². The molecular weight excluding hydrogens is 1190 g/mol. The molecule has 0 aliphatic rings. The smallest absolute Gasteiger partial charge is 0.462 e. The molecule has 0 aliphatic heterocycles. The highest BCUT2D eigenvalue weighted by Crippen LogP contribution is 2.45. The van der Waals surface area contributed by atoms with Gasteiger partial charge in [-0.15, -0.1) is 0 Å². The van der Waals surface area contributed by atoms with Gasteiger partial charge in [-0.25, -0.2) is 9.13 Å². The van der Waals surface area contributed by atoms with Crippen molar-refractivity contribution in [3.05, 3.63) is 0 Å². The second kappa shape index (κ2) is 63.1. The first kappa shape index (κ1) is 88.1. The van der Waals surface area contributed by atoms with E-state index in [4.69, 9.17) is 37.0 Å². The van der Waals surface area contributed by atoms with Crippen LogP contribution < -0.4 is 0 Å². The molecule has 0 spiro atoms. The van der Waals surface area contributed by atoms with Gasteiger partial charge in [0.25, 0.3) is 0 Å². The highest BCUT2D eigenvalue weighted by molar-refractivity contribution is 7.47. The number of carbonyl (C=O) groups excluding carboxylic acids is 4. The van der Waals surface area contributed by atoms with Crippen LogP contribution in [0.15, 0.2) is 0 Å². The monoisotopic (exact) mass is 1320 g/mol. The van der Waals surface area contributed by atoms with E-state index in [-0.39, 0.29) is 25.7 Å². The van der Waals surface area contributed by atoms with E-state index in [1.54, 1.807) is 0 Å². The van der Waals surface area contributed by atoms with Gasteiger partial charge in [0.15, 0.2) is 12.2 Å². The van der Waals surface area contributed by atoms with Crippen LogP contribution in [0.2, 0.25) is 0 Å². The van der Waals surface area contributed by atoms with Crippen molar-refractivity contribution in [1.29, 1.82) is 0 Å².